The second-order valence-electron chi connectivity index (χ2n) is 7.32. The Hall–Kier alpha value is -3.35. The van der Waals surface area contributed by atoms with Crippen molar-refractivity contribution >= 4 is 40.0 Å². The van der Waals surface area contributed by atoms with Crippen LogP contribution in [0.1, 0.15) is 15.9 Å². The first-order valence-electron chi connectivity index (χ1n) is 10.1. The summed E-state index contributed by atoms with van der Waals surface area (Å²) >= 11 is 7.83. The second-order valence-corrected chi connectivity index (χ2v) is 8.67. The molecule has 158 valence electrons. The van der Waals surface area contributed by atoms with E-state index in [1.165, 1.54) is 11.8 Å². The number of rotatable bonds is 7. The van der Waals surface area contributed by atoms with E-state index in [9.17, 15) is 4.79 Å². The van der Waals surface area contributed by atoms with Crippen LogP contribution in [0, 0.1) is 0 Å². The number of carbonyl (C=O) groups is 1. The van der Waals surface area contributed by atoms with Crippen LogP contribution >= 0.6 is 23.4 Å². The van der Waals surface area contributed by atoms with Crippen LogP contribution in [0.2, 0.25) is 5.02 Å². The standard InChI is InChI=1S/C25H19ClN4OS/c26-21-12-6-4-11-19(21)24-28-29-25(30(24)15-17-8-2-1-3-9-17)32-16-23(31)20-14-27-22-13-7-5-10-18(20)22/h1-14,27H,15-16H2. The molecule has 5 nitrogen and oxygen atoms in total. The van der Waals surface area contributed by atoms with Gasteiger partial charge < -0.3 is 4.98 Å². The Labute approximate surface area is 194 Å². The Morgan fingerprint density at radius 3 is 2.53 bits per heavy atom. The van der Waals surface area contributed by atoms with Gasteiger partial charge in [-0.25, -0.2) is 0 Å². The van der Waals surface area contributed by atoms with E-state index in [2.05, 4.69) is 27.3 Å². The van der Waals surface area contributed by atoms with Crippen LogP contribution in [0.5, 0.6) is 0 Å². The van der Waals surface area contributed by atoms with Crippen molar-refractivity contribution in [1.82, 2.24) is 19.7 Å². The largest absolute Gasteiger partial charge is 0.360 e. The first kappa shape index (κ1) is 20.5. The number of ketones is 1. The third-order valence-electron chi connectivity index (χ3n) is 5.24. The number of aromatic nitrogens is 4. The highest BCUT2D eigenvalue weighted by Gasteiger charge is 2.19. The van der Waals surface area contributed by atoms with Crippen molar-refractivity contribution < 1.29 is 4.79 Å². The number of aromatic amines is 1. The molecule has 0 amide bonds. The van der Waals surface area contributed by atoms with Crippen LogP contribution in [0.25, 0.3) is 22.3 Å². The number of thioether (sulfide) groups is 1. The summed E-state index contributed by atoms with van der Waals surface area (Å²) in [6.07, 6.45) is 1.78. The minimum atomic E-state index is 0.0426. The summed E-state index contributed by atoms with van der Waals surface area (Å²) in [5, 5.41) is 11.0. The number of benzene rings is 3. The zero-order valence-electron chi connectivity index (χ0n) is 17.0. The molecule has 1 N–H and O–H groups in total. The lowest BCUT2D eigenvalue weighted by Crippen LogP contribution is -2.07. The maximum atomic E-state index is 13.0. The Balaban J connectivity index is 1.45. The smallest absolute Gasteiger partial charge is 0.192 e. The van der Waals surface area contributed by atoms with Crippen molar-refractivity contribution in [3.8, 4) is 11.4 Å². The third-order valence-corrected chi connectivity index (χ3v) is 6.53. The van der Waals surface area contributed by atoms with Gasteiger partial charge in [-0.3, -0.25) is 9.36 Å². The monoisotopic (exact) mass is 458 g/mol. The minimum absolute atomic E-state index is 0.0426. The molecule has 0 atom stereocenters. The van der Waals surface area contributed by atoms with E-state index in [0.29, 0.717) is 28.1 Å². The molecule has 7 heteroatoms. The number of nitrogens with one attached hydrogen (secondary N) is 1. The van der Waals surface area contributed by atoms with Gasteiger partial charge in [0.2, 0.25) is 0 Å². The molecule has 0 aliphatic carbocycles. The van der Waals surface area contributed by atoms with E-state index in [0.717, 1.165) is 22.0 Å². The lowest BCUT2D eigenvalue weighted by Gasteiger charge is -2.11. The molecule has 2 heterocycles. The number of halogens is 1. The van der Waals surface area contributed by atoms with E-state index in [1.807, 2.05) is 71.3 Å². The van der Waals surface area contributed by atoms with Gasteiger partial charge in [0.25, 0.3) is 0 Å². The lowest BCUT2D eigenvalue weighted by molar-refractivity contribution is 0.102. The van der Waals surface area contributed by atoms with Crippen LogP contribution in [-0.2, 0) is 6.54 Å². The fraction of sp³-hybridized carbons (Fsp3) is 0.0800. The van der Waals surface area contributed by atoms with E-state index in [1.54, 1.807) is 6.20 Å². The molecule has 3 aromatic carbocycles. The SMILES string of the molecule is O=C(CSc1nnc(-c2ccccc2Cl)n1Cc1ccccc1)c1c[nH]c2ccccc12. The van der Waals surface area contributed by atoms with Crippen molar-refractivity contribution in [3.05, 3.63) is 101 Å². The first-order valence-corrected chi connectivity index (χ1v) is 11.5. The average Bonchev–Trinajstić information content (AvgIpc) is 3.43. The molecule has 5 aromatic rings. The van der Waals surface area contributed by atoms with Crippen LogP contribution in [0.3, 0.4) is 0 Å². The summed E-state index contributed by atoms with van der Waals surface area (Å²) in [6.45, 7) is 0.581. The number of hydrogen-bond acceptors (Lipinski definition) is 4. The summed E-state index contributed by atoms with van der Waals surface area (Å²) in [5.41, 5.74) is 3.57. The molecule has 0 bridgehead atoms. The molecular weight excluding hydrogens is 440 g/mol. The Bertz CT molecular complexity index is 1390. The number of hydrogen-bond donors (Lipinski definition) is 1. The molecule has 0 fully saturated rings. The highest BCUT2D eigenvalue weighted by Crippen LogP contribution is 2.30. The third kappa shape index (κ3) is 4.07. The summed E-state index contributed by atoms with van der Waals surface area (Å²) in [4.78, 5) is 16.1. The van der Waals surface area contributed by atoms with Crippen molar-refractivity contribution in [2.75, 3.05) is 5.75 Å². The molecule has 2 aromatic heterocycles. The topological polar surface area (TPSA) is 63.6 Å². The Kier molecular flexibility index (Phi) is 5.79. The number of carbonyl (C=O) groups excluding carboxylic acids is 1. The van der Waals surface area contributed by atoms with Gasteiger partial charge in [-0.05, 0) is 23.8 Å². The molecule has 5 rings (SSSR count). The number of para-hydroxylation sites is 1. The second kappa shape index (κ2) is 9.02. The quantitative estimate of drug-likeness (QED) is 0.236. The van der Waals surface area contributed by atoms with E-state index in [-0.39, 0.29) is 11.5 Å². The van der Waals surface area contributed by atoms with Crippen molar-refractivity contribution in [2.24, 2.45) is 0 Å². The summed E-state index contributed by atoms with van der Waals surface area (Å²) < 4.78 is 2.02. The van der Waals surface area contributed by atoms with E-state index in [4.69, 9.17) is 11.6 Å². The number of nitrogens with zero attached hydrogens (tertiary/aromatic N) is 3. The fourth-order valence-electron chi connectivity index (χ4n) is 3.66. The molecule has 0 saturated carbocycles. The molecular formula is C25H19ClN4OS. The Morgan fingerprint density at radius 2 is 1.69 bits per heavy atom. The van der Waals surface area contributed by atoms with Crippen LogP contribution in [0.4, 0.5) is 0 Å². The number of Topliss-reactive ketones (excluding diaryl/α,β-unsaturated/α-hetero) is 1. The van der Waals surface area contributed by atoms with Crippen LogP contribution in [0.15, 0.2) is 90.2 Å². The van der Waals surface area contributed by atoms with Crippen molar-refractivity contribution in [1.29, 1.82) is 0 Å². The first-order chi connectivity index (χ1) is 15.7. The highest BCUT2D eigenvalue weighted by atomic mass is 35.5. The summed E-state index contributed by atoms with van der Waals surface area (Å²) in [6, 6.07) is 25.5. The van der Waals surface area contributed by atoms with Gasteiger partial charge in [0, 0.05) is 28.2 Å². The van der Waals surface area contributed by atoms with Gasteiger partial charge in [0.15, 0.2) is 16.8 Å². The van der Waals surface area contributed by atoms with Crippen LogP contribution < -0.4 is 0 Å². The maximum absolute atomic E-state index is 13.0. The summed E-state index contributed by atoms with van der Waals surface area (Å²) in [5.74, 6) is 0.986. The molecule has 0 aliphatic heterocycles. The average molecular weight is 459 g/mol. The molecule has 0 unspecified atom stereocenters. The van der Waals surface area contributed by atoms with Gasteiger partial charge in [-0.1, -0.05) is 84.0 Å². The predicted octanol–water partition coefficient (Wildman–Crippen LogP) is 6.10. The van der Waals surface area contributed by atoms with E-state index < -0.39 is 0 Å². The number of H-pyrrole nitrogens is 1. The number of fused-ring (bicyclic) bond motifs is 1. The van der Waals surface area contributed by atoms with Crippen molar-refractivity contribution in [2.45, 2.75) is 11.7 Å². The van der Waals surface area contributed by atoms with Gasteiger partial charge in [0.1, 0.15) is 0 Å². The zero-order chi connectivity index (χ0) is 21.9. The molecule has 0 radical (unpaired) electrons. The lowest BCUT2D eigenvalue weighted by atomic mass is 10.1. The maximum Gasteiger partial charge on any atom is 0.192 e. The van der Waals surface area contributed by atoms with Crippen LogP contribution in [-0.4, -0.2) is 31.3 Å². The molecule has 32 heavy (non-hydrogen) atoms. The van der Waals surface area contributed by atoms with Crippen molar-refractivity contribution in [3.63, 3.8) is 0 Å². The molecule has 0 spiro atoms. The molecule has 0 aliphatic rings. The minimum Gasteiger partial charge on any atom is -0.360 e. The predicted molar refractivity (Wildman–Crippen MR) is 129 cm³/mol. The van der Waals surface area contributed by atoms with Gasteiger partial charge in [-0.2, -0.15) is 0 Å². The van der Waals surface area contributed by atoms with Gasteiger partial charge >= 0.3 is 0 Å². The van der Waals surface area contributed by atoms with Gasteiger partial charge in [0.05, 0.1) is 17.3 Å². The summed E-state index contributed by atoms with van der Waals surface area (Å²) in [7, 11) is 0. The highest BCUT2D eigenvalue weighted by molar-refractivity contribution is 7.99. The normalized spacial score (nSPS) is 11.2. The molecule has 0 saturated heterocycles. The Morgan fingerprint density at radius 1 is 0.938 bits per heavy atom. The van der Waals surface area contributed by atoms with Gasteiger partial charge in [-0.15, -0.1) is 10.2 Å². The van der Waals surface area contributed by atoms with E-state index >= 15 is 0 Å². The zero-order valence-corrected chi connectivity index (χ0v) is 18.6. The fourth-order valence-corrected chi connectivity index (χ4v) is 4.70.